The Kier molecular flexibility index (Phi) is 3.03. The molecule has 19 heavy (non-hydrogen) atoms. The van der Waals surface area contributed by atoms with E-state index < -0.39 is 0 Å². The Hall–Kier alpha value is -2.16. The molecule has 2 aromatic rings. The summed E-state index contributed by atoms with van der Waals surface area (Å²) in [4.78, 5) is 11.8. The fourth-order valence-corrected chi connectivity index (χ4v) is 2.37. The van der Waals surface area contributed by atoms with Crippen LogP contribution in [0.4, 0.5) is 4.39 Å². The largest absolute Gasteiger partial charge is 0.457 e. The molecule has 0 atom stereocenters. The van der Waals surface area contributed by atoms with Crippen LogP contribution in [0, 0.1) is 5.82 Å². The van der Waals surface area contributed by atoms with Gasteiger partial charge in [0, 0.05) is 17.5 Å². The Morgan fingerprint density at radius 1 is 1.00 bits per heavy atom. The zero-order valence-electron chi connectivity index (χ0n) is 10.4. The van der Waals surface area contributed by atoms with Gasteiger partial charge in [-0.2, -0.15) is 0 Å². The lowest BCUT2D eigenvalue weighted by Gasteiger charge is -2.18. The summed E-state index contributed by atoms with van der Waals surface area (Å²) in [6.07, 6.45) is 2.31. The number of carbonyl (C=O) groups excluding carboxylic acids is 1. The van der Waals surface area contributed by atoms with Crippen molar-refractivity contribution in [3.8, 4) is 11.5 Å². The van der Waals surface area contributed by atoms with Crippen molar-refractivity contribution < 1.29 is 13.9 Å². The van der Waals surface area contributed by atoms with E-state index in [1.165, 1.54) is 12.1 Å². The van der Waals surface area contributed by atoms with E-state index in [0.29, 0.717) is 17.9 Å². The maximum atomic E-state index is 12.8. The number of Topliss-reactive ketones (excluding diaryl/α,β-unsaturated/α-hetero) is 1. The third-order valence-electron chi connectivity index (χ3n) is 3.31. The molecule has 1 aliphatic rings. The van der Waals surface area contributed by atoms with Gasteiger partial charge in [-0.15, -0.1) is 0 Å². The molecule has 0 saturated heterocycles. The number of carbonyl (C=O) groups is 1. The number of fused-ring (bicyclic) bond motifs is 1. The van der Waals surface area contributed by atoms with Crippen molar-refractivity contribution in [3.05, 3.63) is 59.4 Å². The first-order valence-electron chi connectivity index (χ1n) is 6.32. The van der Waals surface area contributed by atoms with Gasteiger partial charge >= 0.3 is 0 Å². The smallest absolute Gasteiger partial charge is 0.163 e. The maximum absolute atomic E-state index is 12.8. The molecule has 2 nitrogen and oxygen atoms in total. The van der Waals surface area contributed by atoms with Crippen LogP contribution < -0.4 is 4.74 Å². The molecule has 0 spiro atoms. The van der Waals surface area contributed by atoms with E-state index in [0.717, 1.165) is 24.0 Å². The highest BCUT2D eigenvalue weighted by atomic mass is 19.1. The number of halogens is 1. The second kappa shape index (κ2) is 4.84. The predicted octanol–water partition coefficient (Wildman–Crippen LogP) is 4.14. The van der Waals surface area contributed by atoms with Gasteiger partial charge in [0.2, 0.25) is 0 Å². The highest BCUT2D eigenvalue weighted by molar-refractivity contribution is 5.99. The second-order valence-electron chi connectivity index (χ2n) is 4.61. The molecular formula is C16H13FO2. The standard InChI is InChI=1S/C16H13FO2/c17-11-7-9-12(10-8-11)19-16-6-2-3-13-14(16)4-1-5-15(13)18/h2-3,6-10H,1,4-5H2. The Balaban J connectivity index is 1.95. The van der Waals surface area contributed by atoms with Crippen molar-refractivity contribution >= 4 is 5.78 Å². The average molecular weight is 256 g/mol. The molecule has 3 rings (SSSR count). The average Bonchev–Trinajstić information content (AvgIpc) is 2.43. The summed E-state index contributed by atoms with van der Waals surface area (Å²) in [7, 11) is 0. The topological polar surface area (TPSA) is 26.3 Å². The number of hydrogen-bond acceptors (Lipinski definition) is 2. The molecule has 2 aromatic carbocycles. The van der Waals surface area contributed by atoms with Gasteiger partial charge in [-0.1, -0.05) is 12.1 Å². The first-order chi connectivity index (χ1) is 9.24. The summed E-state index contributed by atoms with van der Waals surface area (Å²) >= 11 is 0. The molecule has 0 radical (unpaired) electrons. The van der Waals surface area contributed by atoms with Crippen LogP contribution in [-0.2, 0) is 6.42 Å². The Labute approximate surface area is 110 Å². The number of hydrogen-bond donors (Lipinski definition) is 0. The van der Waals surface area contributed by atoms with Gasteiger partial charge < -0.3 is 4.74 Å². The fraction of sp³-hybridized carbons (Fsp3) is 0.188. The van der Waals surface area contributed by atoms with Crippen LogP contribution in [-0.4, -0.2) is 5.78 Å². The van der Waals surface area contributed by atoms with Gasteiger partial charge in [-0.05, 0) is 43.2 Å². The Morgan fingerprint density at radius 2 is 1.79 bits per heavy atom. The van der Waals surface area contributed by atoms with E-state index in [2.05, 4.69) is 0 Å². The maximum Gasteiger partial charge on any atom is 0.163 e. The van der Waals surface area contributed by atoms with E-state index in [1.54, 1.807) is 12.1 Å². The Bertz CT molecular complexity index is 617. The van der Waals surface area contributed by atoms with Crippen molar-refractivity contribution in [2.24, 2.45) is 0 Å². The third kappa shape index (κ3) is 2.36. The van der Waals surface area contributed by atoms with Gasteiger partial charge in [0.25, 0.3) is 0 Å². The predicted molar refractivity (Wildman–Crippen MR) is 70.2 cm³/mol. The number of ether oxygens (including phenoxy) is 1. The first-order valence-corrected chi connectivity index (χ1v) is 6.32. The molecule has 0 fully saturated rings. The van der Waals surface area contributed by atoms with E-state index >= 15 is 0 Å². The quantitative estimate of drug-likeness (QED) is 0.807. The Morgan fingerprint density at radius 3 is 2.58 bits per heavy atom. The van der Waals surface area contributed by atoms with Crippen molar-refractivity contribution in [2.45, 2.75) is 19.3 Å². The van der Waals surface area contributed by atoms with Crippen LogP contribution in [0.3, 0.4) is 0 Å². The molecule has 0 aromatic heterocycles. The molecule has 0 bridgehead atoms. The molecular weight excluding hydrogens is 243 g/mol. The molecule has 0 N–H and O–H groups in total. The lowest BCUT2D eigenvalue weighted by molar-refractivity contribution is 0.0972. The molecule has 0 aliphatic heterocycles. The minimum atomic E-state index is -0.294. The number of ketones is 1. The van der Waals surface area contributed by atoms with Crippen LogP contribution in [0.1, 0.15) is 28.8 Å². The summed E-state index contributed by atoms with van der Waals surface area (Å²) in [5.74, 6) is 1.15. The minimum Gasteiger partial charge on any atom is -0.457 e. The molecule has 0 saturated carbocycles. The fourth-order valence-electron chi connectivity index (χ4n) is 2.37. The minimum absolute atomic E-state index is 0.172. The summed E-state index contributed by atoms with van der Waals surface area (Å²) in [5, 5.41) is 0. The van der Waals surface area contributed by atoms with E-state index in [4.69, 9.17) is 4.74 Å². The van der Waals surface area contributed by atoms with Crippen molar-refractivity contribution in [2.75, 3.05) is 0 Å². The molecule has 0 unspecified atom stereocenters. The van der Waals surface area contributed by atoms with Gasteiger partial charge in [-0.3, -0.25) is 4.79 Å². The molecule has 3 heteroatoms. The van der Waals surface area contributed by atoms with E-state index in [9.17, 15) is 9.18 Å². The highest BCUT2D eigenvalue weighted by Gasteiger charge is 2.20. The number of benzene rings is 2. The first kappa shape index (κ1) is 11.9. The van der Waals surface area contributed by atoms with Crippen LogP contribution in [0.25, 0.3) is 0 Å². The zero-order chi connectivity index (χ0) is 13.2. The van der Waals surface area contributed by atoms with Gasteiger partial charge in [-0.25, -0.2) is 4.39 Å². The molecule has 0 heterocycles. The third-order valence-corrected chi connectivity index (χ3v) is 3.31. The van der Waals surface area contributed by atoms with Crippen molar-refractivity contribution in [3.63, 3.8) is 0 Å². The van der Waals surface area contributed by atoms with Gasteiger partial charge in [0.05, 0.1) is 0 Å². The molecule has 1 aliphatic carbocycles. The lowest BCUT2D eigenvalue weighted by Crippen LogP contribution is -2.11. The zero-order valence-corrected chi connectivity index (χ0v) is 10.4. The SMILES string of the molecule is O=C1CCCc2c(Oc3ccc(F)cc3)cccc21. The second-order valence-corrected chi connectivity index (χ2v) is 4.61. The van der Waals surface area contributed by atoms with Crippen LogP contribution in [0.15, 0.2) is 42.5 Å². The van der Waals surface area contributed by atoms with Crippen molar-refractivity contribution in [1.29, 1.82) is 0 Å². The summed E-state index contributed by atoms with van der Waals surface area (Å²) in [6.45, 7) is 0. The van der Waals surface area contributed by atoms with E-state index in [-0.39, 0.29) is 11.6 Å². The van der Waals surface area contributed by atoms with Gasteiger partial charge in [0.15, 0.2) is 5.78 Å². The summed E-state index contributed by atoms with van der Waals surface area (Å²) in [6, 6.07) is 11.4. The van der Waals surface area contributed by atoms with E-state index in [1.807, 2.05) is 18.2 Å². The molecule has 96 valence electrons. The molecule has 0 amide bonds. The van der Waals surface area contributed by atoms with Crippen LogP contribution >= 0.6 is 0 Å². The monoisotopic (exact) mass is 256 g/mol. The normalized spacial score (nSPS) is 14.1. The lowest BCUT2D eigenvalue weighted by atomic mass is 9.90. The van der Waals surface area contributed by atoms with Crippen LogP contribution in [0.2, 0.25) is 0 Å². The summed E-state index contributed by atoms with van der Waals surface area (Å²) in [5.41, 5.74) is 1.72. The highest BCUT2D eigenvalue weighted by Crippen LogP contribution is 2.32. The number of rotatable bonds is 2. The van der Waals surface area contributed by atoms with Crippen molar-refractivity contribution in [1.82, 2.24) is 0 Å². The van der Waals surface area contributed by atoms with Crippen LogP contribution in [0.5, 0.6) is 11.5 Å². The van der Waals surface area contributed by atoms with Gasteiger partial charge in [0.1, 0.15) is 17.3 Å². The summed E-state index contributed by atoms with van der Waals surface area (Å²) < 4.78 is 18.6.